The van der Waals surface area contributed by atoms with E-state index in [0.717, 1.165) is 23.8 Å². The summed E-state index contributed by atoms with van der Waals surface area (Å²) in [6.45, 7) is 3.38. The van der Waals surface area contributed by atoms with Crippen LogP contribution >= 0.6 is 0 Å². The summed E-state index contributed by atoms with van der Waals surface area (Å²) in [5, 5.41) is 5.50. The standard InChI is InChI=1S/C24H33N3O/c1-2-3-4-5-6-7-10-16-27-17-15-20-18-21(13-14-22(20)27)23-25-24(28-26-23)19-11-8-9-12-19/h13-15,17-19H,2-12,16H2,1H3. The van der Waals surface area contributed by atoms with Gasteiger partial charge in [0.2, 0.25) is 11.7 Å². The molecule has 1 aliphatic rings. The molecule has 4 heteroatoms. The van der Waals surface area contributed by atoms with Gasteiger partial charge >= 0.3 is 0 Å². The first-order valence-electron chi connectivity index (χ1n) is 11.3. The van der Waals surface area contributed by atoms with Crippen molar-refractivity contribution in [3.05, 3.63) is 36.4 Å². The van der Waals surface area contributed by atoms with Crippen molar-refractivity contribution in [2.75, 3.05) is 0 Å². The van der Waals surface area contributed by atoms with Crippen LogP contribution in [-0.2, 0) is 6.54 Å². The molecule has 4 rings (SSSR count). The molecule has 0 bridgehead atoms. The lowest BCUT2D eigenvalue weighted by atomic mass is 10.1. The first-order valence-corrected chi connectivity index (χ1v) is 11.3. The number of fused-ring (bicyclic) bond motifs is 1. The molecule has 0 saturated heterocycles. The summed E-state index contributed by atoms with van der Waals surface area (Å²) in [6.07, 6.45) is 16.6. The number of aromatic nitrogens is 3. The summed E-state index contributed by atoms with van der Waals surface area (Å²) in [5.41, 5.74) is 2.35. The second-order valence-electron chi connectivity index (χ2n) is 8.34. The van der Waals surface area contributed by atoms with E-state index in [0.29, 0.717) is 5.92 Å². The molecule has 0 unspecified atom stereocenters. The molecule has 0 N–H and O–H groups in total. The van der Waals surface area contributed by atoms with Gasteiger partial charge in [-0.25, -0.2) is 0 Å². The normalized spacial score (nSPS) is 15.0. The molecule has 1 aromatic carbocycles. The third-order valence-corrected chi connectivity index (χ3v) is 6.18. The van der Waals surface area contributed by atoms with E-state index >= 15 is 0 Å². The lowest BCUT2D eigenvalue weighted by Crippen LogP contribution is -1.96. The monoisotopic (exact) mass is 379 g/mol. The molecule has 1 saturated carbocycles. The van der Waals surface area contributed by atoms with Gasteiger partial charge < -0.3 is 9.09 Å². The Morgan fingerprint density at radius 2 is 1.79 bits per heavy atom. The Kier molecular flexibility index (Phi) is 6.45. The van der Waals surface area contributed by atoms with Gasteiger partial charge in [0.15, 0.2) is 0 Å². The highest BCUT2D eigenvalue weighted by molar-refractivity contribution is 5.84. The Balaban J connectivity index is 1.36. The largest absolute Gasteiger partial charge is 0.347 e. The van der Waals surface area contributed by atoms with E-state index in [4.69, 9.17) is 4.52 Å². The van der Waals surface area contributed by atoms with Crippen molar-refractivity contribution in [1.29, 1.82) is 0 Å². The first kappa shape index (κ1) is 19.2. The summed E-state index contributed by atoms with van der Waals surface area (Å²) >= 11 is 0. The number of unbranched alkanes of at least 4 members (excludes halogenated alkanes) is 6. The van der Waals surface area contributed by atoms with Crippen molar-refractivity contribution in [2.45, 2.75) is 90.0 Å². The van der Waals surface area contributed by atoms with Crippen LogP contribution < -0.4 is 0 Å². The minimum absolute atomic E-state index is 0.466. The minimum Gasteiger partial charge on any atom is -0.347 e. The molecular formula is C24H33N3O. The van der Waals surface area contributed by atoms with Gasteiger partial charge in [-0.2, -0.15) is 4.98 Å². The quantitative estimate of drug-likeness (QED) is 0.353. The average molecular weight is 380 g/mol. The zero-order valence-electron chi connectivity index (χ0n) is 17.2. The van der Waals surface area contributed by atoms with Gasteiger partial charge in [0, 0.05) is 35.1 Å². The van der Waals surface area contributed by atoms with Crippen LogP contribution in [0, 0.1) is 0 Å². The highest BCUT2D eigenvalue weighted by Gasteiger charge is 2.23. The topological polar surface area (TPSA) is 43.9 Å². The second-order valence-corrected chi connectivity index (χ2v) is 8.34. The number of aryl methyl sites for hydroxylation is 1. The van der Waals surface area contributed by atoms with Gasteiger partial charge in [-0.3, -0.25) is 0 Å². The summed E-state index contributed by atoms with van der Waals surface area (Å²) in [7, 11) is 0. The fourth-order valence-electron chi connectivity index (χ4n) is 4.46. The maximum atomic E-state index is 5.55. The van der Waals surface area contributed by atoms with E-state index in [1.54, 1.807) is 0 Å². The lowest BCUT2D eigenvalue weighted by Gasteiger charge is -2.06. The maximum Gasteiger partial charge on any atom is 0.230 e. The van der Waals surface area contributed by atoms with Crippen molar-refractivity contribution < 1.29 is 4.52 Å². The van der Waals surface area contributed by atoms with Crippen molar-refractivity contribution in [1.82, 2.24) is 14.7 Å². The molecule has 0 aliphatic heterocycles. The fourth-order valence-corrected chi connectivity index (χ4v) is 4.46. The van der Waals surface area contributed by atoms with E-state index in [1.807, 2.05) is 0 Å². The van der Waals surface area contributed by atoms with Gasteiger partial charge in [-0.1, -0.05) is 63.4 Å². The summed E-state index contributed by atoms with van der Waals surface area (Å²) in [5.74, 6) is 2.01. The third kappa shape index (κ3) is 4.48. The minimum atomic E-state index is 0.466. The van der Waals surface area contributed by atoms with Crippen LogP contribution in [0.25, 0.3) is 22.3 Å². The molecule has 4 nitrogen and oxygen atoms in total. The molecule has 28 heavy (non-hydrogen) atoms. The number of hydrogen-bond donors (Lipinski definition) is 0. The Morgan fingerprint density at radius 1 is 1.00 bits per heavy atom. The molecule has 150 valence electrons. The number of rotatable bonds is 10. The summed E-state index contributed by atoms with van der Waals surface area (Å²) in [4.78, 5) is 4.68. The molecule has 0 spiro atoms. The van der Waals surface area contributed by atoms with E-state index < -0.39 is 0 Å². The van der Waals surface area contributed by atoms with Gasteiger partial charge in [-0.05, 0) is 43.5 Å². The average Bonchev–Trinajstić information content (AvgIpc) is 3.46. The van der Waals surface area contributed by atoms with Crippen LogP contribution in [0.1, 0.15) is 89.4 Å². The number of benzene rings is 1. The van der Waals surface area contributed by atoms with Crippen molar-refractivity contribution in [2.24, 2.45) is 0 Å². The Labute approximate surface area is 168 Å². The van der Waals surface area contributed by atoms with Crippen LogP contribution in [0.3, 0.4) is 0 Å². The molecule has 2 heterocycles. The van der Waals surface area contributed by atoms with E-state index in [2.05, 4.69) is 52.1 Å². The maximum absolute atomic E-state index is 5.55. The second kappa shape index (κ2) is 9.40. The molecule has 0 radical (unpaired) electrons. The van der Waals surface area contributed by atoms with Crippen molar-refractivity contribution in [3.8, 4) is 11.4 Å². The van der Waals surface area contributed by atoms with Crippen LogP contribution in [0.5, 0.6) is 0 Å². The van der Waals surface area contributed by atoms with Gasteiger partial charge in [0.1, 0.15) is 0 Å². The molecule has 1 aliphatic carbocycles. The zero-order chi connectivity index (χ0) is 19.2. The molecular weight excluding hydrogens is 346 g/mol. The van der Waals surface area contributed by atoms with Crippen LogP contribution in [0.15, 0.2) is 35.0 Å². The molecule has 0 amide bonds. The Hall–Kier alpha value is -2.10. The predicted molar refractivity (Wildman–Crippen MR) is 114 cm³/mol. The van der Waals surface area contributed by atoms with Crippen molar-refractivity contribution in [3.63, 3.8) is 0 Å². The summed E-state index contributed by atoms with van der Waals surface area (Å²) < 4.78 is 7.93. The third-order valence-electron chi connectivity index (χ3n) is 6.18. The fraction of sp³-hybridized carbons (Fsp3) is 0.583. The lowest BCUT2D eigenvalue weighted by molar-refractivity contribution is 0.354. The van der Waals surface area contributed by atoms with Gasteiger partial charge in [-0.15, -0.1) is 0 Å². The molecule has 0 atom stereocenters. The SMILES string of the molecule is CCCCCCCCCn1ccc2cc(-c3noc(C4CCCC4)n3)ccc21. The number of hydrogen-bond acceptors (Lipinski definition) is 3. The smallest absolute Gasteiger partial charge is 0.230 e. The van der Waals surface area contributed by atoms with Crippen LogP contribution in [-0.4, -0.2) is 14.7 Å². The van der Waals surface area contributed by atoms with Crippen LogP contribution in [0.2, 0.25) is 0 Å². The number of nitrogens with zero attached hydrogens (tertiary/aromatic N) is 3. The molecule has 2 aromatic heterocycles. The molecule has 3 aromatic rings. The summed E-state index contributed by atoms with van der Waals surface area (Å²) in [6, 6.07) is 8.74. The van der Waals surface area contributed by atoms with Gasteiger partial charge in [0.25, 0.3) is 0 Å². The van der Waals surface area contributed by atoms with Gasteiger partial charge in [0.05, 0.1) is 0 Å². The Morgan fingerprint density at radius 3 is 2.61 bits per heavy atom. The highest BCUT2D eigenvalue weighted by Crippen LogP contribution is 2.34. The van der Waals surface area contributed by atoms with Crippen LogP contribution in [0.4, 0.5) is 0 Å². The predicted octanol–water partition coefficient (Wildman–Crippen LogP) is 7.10. The highest BCUT2D eigenvalue weighted by atomic mass is 16.5. The van der Waals surface area contributed by atoms with Crippen molar-refractivity contribution >= 4 is 10.9 Å². The van der Waals surface area contributed by atoms with E-state index in [1.165, 1.54) is 81.5 Å². The molecule has 1 fully saturated rings. The van der Waals surface area contributed by atoms with E-state index in [-0.39, 0.29) is 0 Å². The zero-order valence-corrected chi connectivity index (χ0v) is 17.2. The first-order chi connectivity index (χ1) is 13.8. The Bertz CT molecular complexity index is 873. The van der Waals surface area contributed by atoms with E-state index in [9.17, 15) is 0 Å².